The molecule has 0 heterocycles. The monoisotopic (exact) mass is 236 g/mol. The van der Waals surface area contributed by atoms with Crippen molar-refractivity contribution in [2.24, 2.45) is 5.92 Å². The molecule has 92 valence electrons. The smallest absolute Gasteiger partial charge is 0.338 e. The summed E-state index contributed by atoms with van der Waals surface area (Å²) in [7, 11) is 0. The summed E-state index contributed by atoms with van der Waals surface area (Å²) in [6.45, 7) is 0. The number of halogens is 1. The average Bonchev–Trinajstić information content (AvgIpc) is 2.39. The number of carboxylic acid groups (broad SMARTS) is 1. The highest BCUT2D eigenvalue weighted by Crippen LogP contribution is 2.37. The molecule has 0 aliphatic heterocycles. The van der Waals surface area contributed by atoms with Gasteiger partial charge in [-0.1, -0.05) is 30.3 Å². The number of aliphatic carboxylic acids is 1. The molecule has 2 nitrogen and oxygen atoms in total. The molecule has 0 aromatic heterocycles. The summed E-state index contributed by atoms with van der Waals surface area (Å²) in [5.74, 6) is -1.14. The van der Waals surface area contributed by atoms with Crippen molar-refractivity contribution in [2.75, 3.05) is 0 Å². The number of hydrogen-bond donors (Lipinski definition) is 1. The van der Waals surface area contributed by atoms with Gasteiger partial charge in [0, 0.05) is 5.92 Å². The molecule has 1 saturated carbocycles. The number of alkyl halides is 1. The first kappa shape index (κ1) is 12.1. The van der Waals surface area contributed by atoms with Crippen molar-refractivity contribution in [1.82, 2.24) is 0 Å². The van der Waals surface area contributed by atoms with E-state index in [1.165, 1.54) is 5.56 Å². The molecule has 1 aliphatic carbocycles. The molecule has 0 radical (unpaired) electrons. The Kier molecular flexibility index (Phi) is 3.77. The number of carbonyl (C=O) groups is 1. The molecule has 0 bridgehead atoms. The maximum atomic E-state index is 13.3. The van der Waals surface area contributed by atoms with E-state index in [0.717, 1.165) is 12.8 Å². The van der Waals surface area contributed by atoms with Crippen LogP contribution in [0, 0.1) is 5.92 Å². The molecule has 1 atom stereocenters. The molecule has 1 aromatic carbocycles. The van der Waals surface area contributed by atoms with Crippen LogP contribution in [-0.2, 0) is 4.79 Å². The summed E-state index contributed by atoms with van der Waals surface area (Å²) in [4.78, 5) is 10.6. The van der Waals surface area contributed by atoms with Crippen molar-refractivity contribution in [3.8, 4) is 0 Å². The van der Waals surface area contributed by atoms with Gasteiger partial charge in [-0.3, -0.25) is 0 Å². The van der Waals surface area contributed by atoms with E-state index in [2.05, 4.69) is 12.1 Å². The van der Waals surface area contributed by atoms with Gasteiger partial charge in [0.2, 0.25) is 0 Å². The van der Waals surface area contributed by atoms with Gasteiger partial charge in [-0.15, -0.1) is 0 Å². The summed E-state index contributed by atoms with van der Waals surface area (Å²) in [5, 5.41) is 8.64. The van der Waals surface area contributed by atoms with Gasteiger partial charge >= 0.3 is 5.97 Å². The molecular weight excluding hydrogens is 219 g/mol. The van der Waals surface area contributed by atoms with E-state index in [1.807, 2.05) is 18.2 Å². The highest BCUT2D eigenvalue weighted by atomic mass is 19.1. The molecule has 1 aliphatic rings. The first-order valence-corrected chi connectivity index (χ1v) is 6.10. The first-order valence-electron chi connectivity index (χ1n) is 6.10. The summed E-state index contributed by atoms with van der Waals surface area (Å²) in [6, 6.07) is 10.2. The number of rotatable bonds is 3. The van der Waals surface area contributed by atoms with E-state index >= 15 is 0 Å². The number of carboxylic acids is 1. The van der Waals surface area contributed by atoms with Crippen LogP contribution in [0.3, 0.4) is 0 Å². The van der Waals surface area contributed by atoms with Gasteiger partial charge in [0.1, 0.15) is 0 Å². The zero-order valence-electron chi connectivity index (χ0n) is 9.68. The Balaban J connectivity index is 1.93. The quantitative estimate of drug-likeness (QED) is 0.873. The van der Waals surface area contributed by atoms with Crippen LogP contribution in [0.2, 0.25) is 0 Å². The predicted molar refractivity (Wildman–Crippen MR) is 63.7 cm³/mol. The van der Waals surface area contributed by atoms with E-state index < -0.39 is 12.1 Å². The average molecular weight is 236 g/mol. The largest absolute Gasteiger partial charge is 0.479 e. The molecule has 3 heteroatoms. The molecule has 0 spiro atoms. The molecule has 17 heavy (non-hydrogen) atoms. The third kappa shape index (κ3) is 2.84. The maximum absolute atomic E-state index is 13.3. The Morgan fingerprint density at radius 3 is 2.29 bits per heavy atom. The molecule has 0 amide bonds. The van der Waals surface area contributed by atoms with Crippen LogP contribution in [0.25, 0.3) is 0 Å². The Hall–Kier alpha value is -1.38. The first-order chi connectivity index (χ1) is 8.18. The zero-order valence-corrected chi connectivity index (χ0v) is 9.68. The second-order valence-corrected chi connectivity index (χ2v) is 4.76. The van der Waals surface area contributed by atoms with Crippen molar-refractivity contribution in [3.63, 3.8) is 0 Å². The summed E-state index contributed by atoms with van der Waals surface area (Å²) in [6.07, 6.45) is 1.44. The van der Waals surface area contributed by atoms with E-state index in [1.54, 1.807) is 0 Å². The minimum atomic E-state index is -1.69. The van der Waals surface area contributed by atoms with E-state index in [9.17, 15) is 9.18 Å². The maximum Gasteiger partial charge on any atom is 0.338 e. The van der Waals surface area contributed by atoms with Crippen molar-refractivity contribution in [2.45, 2.75) is 37.8 Å². The zero-order chi connectivity index (χ0) is 12.3. The van der Waals surface area contributed by atoms with Crippen LogP contribution in [0.15, 0.2) is 30.3 Å². The highest BCUT2D eigenvalue weighted by Gasteiger charge is 2.32. The topological polar surface area (TPSA) is 37.3 Å². The molecular formula is C14H17FO2. The van der Waals surface area contributed by atoms with Gasteiger partial charge in [-0.05, 0) is 37.2 Å². The molecule has 1 N–H and O–H groups in total. The summed E-state index contributed by atoms with van der Waals surface area (Å²) >= 11 is 0. The Morgan fingerprint density at radius 2 is 1.76 bits per heavy atom. The second kappa shape index (κ2) is 5.30. The highest BCUT2D eigenvalue weighted by molar-refractivity contribution is 5.72. The summed E-state index contributed by atoms with van der Waals surface area (Å²) < 4.78 is 13.3. The fraction of sp³-hybridized carbons (Fsp3) is 0.500. The standard InChI is InChI=1S/C14H17FO2/c15-13(14(16)17)12-8-6-11(7-9-12)10-4-2-1-3-5-10/h1-5,11-13H,6-9H2,(H,16,17). The van der Waals surface area contributed by atoms with Gasteiger partial charge in [0.05, 0.1) is 0 Å². The van der Waals surface area contributed by atoms with Crippen molar-refractivity contribution in [1.29, 1.82) is 0 Å². The fourth-order valence-corrected chi connectivity index (χ4v) is 2.67. The molecule has 1 aromatic rings. The number of hydrogen-bond acceptors (Lipinski definition) is 1. The lowest BCUT2D eigenvalue weighted by Gasteiger charge is -2.29. The normalized spacial score (nSPS) is 26.4. The van der Waals surface area contributed by atoms with Crippen LogP contribution in [0.4, 0.5) is 4.39 Å². The van der Waals surface area contributed by atoms with Crippen LogP contribution < -0.4 is 0 Å². The molecule has 2 rings (SSSR count). The minimum Gasteiger partial charge on any atom is -0.479 e. The van der Waals surface area contributed by atoms with Crippen LogP contribution in [0.5, 0.6) is 0 Å². The van der Waals surface area contributed by atoms with Crippen LogP contribution in [-0.4, -0.2) is 17.2 Å². The van der Waals surface area contributed by atoms with E-state index in [4.69, 9.17) is 5.11 Å². The van der Waals surface area contributed by atoms with E-state index in [0.29, 0.717) is 18.8 Å². The van der Waals surface area contributed by atoms with Gasteiger partial charge in [0.25, 0.3) is 0 Å². The van der Waals surface area contributed by atoms with E-state index in [-0.39, 0.29) is 5.92 Å². The van der Waals surface area contributed by atoms with Gasteiger partial charge in [0.15, 0.2) is 6.17 Å². The number of benzene rings is 1. The fourth-order valence-electron chi connectivity index (χ4n) is 2.67. The Labute approximate surface area is 100 Å². The van der Waals surface area contributed by atoms with Crippen molar-refractivity contribution in [3.05, 3.63) is 35.9 Å². The lowest BCUT2D eigenvalue weighted by molar-refractivity contribution is -0.145. The third-order valence-corrected chi connectivity index (χ3v) is 3.69. The SMILES string of the molecule is O=C(O)C(F)C1CCC(c2ccccc2)CC1. The third-order valence-electron chi connectivity index (χ3n) is 3.69. The lowest BCUT2D eigenvalue weighted by Crippen LogP contribution is -2.28. The van der Waals surface area contributed by atoms with Crippen LogP contribution in [0.1, 0.15) is 37.2 Å². The minimum absolute atomic E-state index is 0.299. The van der Waals surface area contributed by atoms with Crippen molar-refractivity contribution < 1.29 is 14.3 Å². The predicted octanol–water partition coefficient (Wildman–Crippen LogP) is 3.38. The second-order valence-electron chi connectivity index (χ2n) is 4.76. The van der Waals surface area contributed by atoms with Gasteiger partial charge < -0.3 is 5.11 Å². The van der Waals surface area contributed by atoms with Gasteiger partial charge in [-0.2, -0.15) is 0 Å². The van der Waals surface area contributed by atoms with Crippen molar-refractivity contribution >= 4 is 5.97 Å². The Morgan fingerprint density at radius 1 is 1.18 bits per heavy atom. The molecule has 0 saturated heterocycles. The summed E-state index contributed by atoms with van der Waals surface area (Å²) in [5.41, 5.74) is 1.29. The Bertz CT molecular complexity index is 369. The lowest BCUT2D eigenvalue weighted by atomic mass is 9.77. The van der Waals surface area contributed by atoms with Crippen LogP contribution >= 0.6 is 0 Å². The molecule has 1 unspecified atom stereocenters. The molecule has 1 fully saturated rings. The van der Waals surface area contributed by atoms with Gasteiger partial charge in [-0.25, -0.2) is 9.18 Å².